The van der Waals surface area contributed by atoms with Gasteiger partial charge in [0.2, 0.25) is 0 Å². The molecule has 0 aromatic heterocycles. The van der Waals surface area contributed by atoms with E-state index in [2.05, 4.69) is 0 Å². The molecule has 0 bridgehead atoms. The molecular formula is C24H17FN2O6. The number of likely N-dealkylation sites (tertiary alicyclic amines) is 1. The molecule has 9 heteroatoms. The number of nitro benzene ring substituents is 1. The van der Waals surface area contributed by atoms with Crippen LogP contribution in [0.5, 0.6) is 5.75 Å². The Morgan fingerprint density at radius 3 is 2.39 bits per heavy atom. The number of hydrogen-bond acceptors (Lipinski definition) is 6. The lowest BCUT2D eigenvalue weighted by atomic mass is 9.95. The molecule has 1 saturated heterocycles. The van der Waals surface area contributed by atoms with Crippen molar-refractivity contribution in [2.75, 3.05) is 0 Å². The normalized spacial score (nSPS) is 17.4. The van der Waals surface area contributed by atoms with Crippen LogP contribution in [0, 0.1) is 15.9 Å². The number of amides is 1. The number of halogens is 1. The zero-order valence-electron chi connectivity index (χ0n) is 17.0. The Labute approximate surface area is 187 Å². The van der Waals surface area contributed by atoms with Crippen LogP contribution in [-0.4, -0.2) is 31.7 Å². The molecular weight excluding hydrogens is 431 g/mol. The van der Waals surface area contributed by atoms with Crippen LogP contribution >= 0.6 is 0 Å². The van der Waals surface area contributed by atoms with Gasteiger partial charge in [0, 0.05) is 24.2 Å². The molecule has 1 aliphatic rings. The van der Waals surface area contributed by atoms with Crippen LogP contribution < -0.4 is 0 Å². The number of nitrogens with zero attached hydrogens (tertiary/aromatic N) is 2. The summed E-state index contributed by atoms with van der Waals surface area (Å²) in [5.74, 6) is -3.03. The highest BCUT2D eigenvalue weighted by molar-refractivity contribution is 6.46. The molecule has 1 fully saturated rings. The monoisotopic (exact) mass is 448 g/mol. The van der Waals surface area contributed by atoms with E-state index in [1.807, 2.05) is 0 Å². The van der Waals surface area contributed by atoms with Crippen molar-refractivity contribution in [2.24, 2.45) is 0 Å². The first-order chi connectivity index (χ1) is 15.8. The van der Waals surface area contributed by atoms with Gasteiger partial charge in [-0.15, -0.1) is 0 Å². The van der Waals surface area contributed by atoms with Gasteiger partial charge in [-0.3, -0.25) is 19.7 Å². The van der Waals surface area contributed by atoms with Gasteiger partial charge in [0.25, 0.3) is 17.4 Å². The van der Waals surface area contributed by atoms with E-state index in [9.17, 15) is 34.3 Å². The van der Waals surface area contributed by atoms with Crippen molar-refractivity contribution in [3.8, 4) is 5.75 Å². The summed E-state index contributed by atoms with van der Waals surface area (Å²) >= 11 is 0. The Morgan fingerprint density at radius 1 is 1.03 bits per heavy atom. The number of aromatic hydroxyl groups is 1. The SMILES string of the molecule is O=C1C(=O)N(Cc2ccc(F)cc2)C(c2cccc(O)c2)/C1=C(/O)c1cccc([N+](=O)[O-])c1. The van der Waals surface area contributed by atoms with Crippen molar-refractivity contribution in [1.29, 1.82) is 0 Å². The maximum Gasteiger partial charge on any atom is 0.295 e. The van der Waals surface area contributed by atoms with E-state index in [-0.39, 0.29) is 29.1 Å². The van der Waals surface area contributed by atoms with Gasteiger partial charge in [-0.05, 0) is 35.4 Å². The van der Waals surface area contributed by atoms with Crippen molar-refractivity contribution >= 4 is 23.1 Å². The van der Waals surface area contributed by atoms with Crippen molar-refractivity contribution < 1.29 is 29.1 Å². The predicted octanol–water partition coefficient (Wildman–Crippen LogP) is 4.06. The number of phenols is 1. The first-order valence-corrected chi connectivity index (χ1v) is 9.83. The van der Waals surface area contributed by atoms with Gasteiger partial charge in [-0.25, -0.2) is 4.39 Å². The minimum absolute atomic E-state index is 0.00543. The van der Waals surface area contributed by atoms with Gasteiger partial charge in [-0.2, -0.15) is 0 Å². The second kappa shape index (κ2) is 8.54. The highest BCUT2D eigenvalue weighted by Gasteiger charge is 2.46. The lowest BCUT2D eigenvalue weighted by Gasteiger charge is -2.25. The van der Waals surface area contributed by atoms with E-state index >= 15 is 0 Å². The Hall–Kier alpha value is -4.53. The van der Waals surface area contributed by atoms with Crippen LogP contribution in [0.15, 0.2) is 78.4 Å². The minimum atomic E-state index is -1.08. The Morgan fingerprint density at radius 2 is 1.73 bits per heavy atom. The van der Waals surface area contributed by atoms with Crippen LogP contribution in [0.25, 0.3) is 5.76 Å². The van der Waals surface area contributed by atoms with Gasteiger partial charge in [-0.1, -0.05) is 36.4 Å². The third kappa shape index (κ3) is 4.16. The van der Waals surface area contributed by atoms with E-state index in [0.717, 1.165) is 6.07 Å². The van der Waals surface area contributed by atoms with Gasteiger partial charge >= 0.3 is 0 Å². The summed E-state index contributed by atoms with van der Waals surface area (Å²) in [6.07, 6.45) is 0. The van der Waals surface area contributed by atoms with Gasteiger partial charge in [0.1, 0.15) is 17.3 Å². The summed E-state index contributed by atoms with van der Waals surface area (Å²) in [5.41, 5.74) is 0.318. The van der Waals surface area contributed by atoms with Crippen molar-refractivity contribution in [3.05, 3.63) is 111 Å². The summed E-state index contributed by atoms with van der Waals surface area (Å²) in [6.45, 7) is -0.0725. The molecule has 4 rings (SSSR count). The highest BCUT2D eigenvalue weighted by Crippen LogP contribution is 2.41. The van der Waals surface area contributed by atoms with Crippen molar-refractivity contribution in [1.82, 2.24) is 4.90 Å². The van der Waals surface area contributed by atoms with Crippen LogP contribution in [0.4, 0.5) is 10.1 Å². The van der Waals surface area contributed by atoms with E-state index < -0.39 is 34.2 Å². The third-order valence-electron chi connectivity index (χ3n) is 5.32. The number of benzene rings is 3. The quantitative estimate of drug-likeness (QED) is 0.200. The smallest absolute Gasteiger partial charge is 0.295 e. The summed E-state index contributed by atoms with van der Waals surface area (Å²) in [4.78, 5) is 37.6. The average molecular weight is 448 g/mol. The zero-order valence-corrected chi connectivity index (χ0v) is 17.0. The molecule has 166 valence electrons. The standard InChI is InChI=1S/C24H17FN2O6/c25-17-9-7-14(8-10-17)13-26-21(15-3-2-6-19(28)12-15)20(23(30)24(26)31)22(29)16-4-1-5-18(11-16)27(32)33/h1-12,21,28-29H,13H2/b22-20-. The number of ketones is 1. The molecule has 1 heterocycles. The molecule has 1 unspecified atom stereocenters. The lowest BCUT2D eigenvalue weighted by molar-refractivity contribution is -0.384. The topological polar surface area (TPSA) is 121 Å². The van der Waals surface area contributed by atoms with E-state index in [0.29, 0.717) is 11.1 Å². The molecule has 8 nitrogen and oxygen atoms in total. The first-order valence-electron chi connectivity index (χ1n) is 9.83. The Balaban J connectivity index is 1.87. The molecule has 2 N–H and O–H groups in total. The second-order valence-corrected chi connectivity index (χ2v) is 7.46. The van der Waals surface area contributed by atoms with Crippen molar-refractivity contribution in [3.63, 3.8) is 0 Å². The number of aliphatic hydroxyl groups is 1. The molecule has 33 heavy (non-hydrogen) atoms. The molecule has 1 amide bonds. The fourth-order valence-electron chi connectivity index (χ4n) is 3.79. The Bertz CT molecular complexity index is 1300. The molecule has 0 saturated carbocycles. The molecule has 0 radical (unpaired) electrons. The van der Waals surface area contributed by atoms with E-state index in [1.165, 1.54) is 65.6 Å². The van der Waals surface area contributed by atoms with Crippen molar-refractivity contribution in [2.45, 2.75) is 12.6 Å². The largest absolute Gasteiger partial charge is 0.508 e. The summed E-state index contributed by atoms with van der Waals surface area (Å²) in [6, 6.07) is 15.2. The molecule has 0 spiro atoms. The fraction of sp³-hybridized carbons (Fsp3) is 0.0833. The molecule has 3 aromatic carbocycles. The second-order valence-electron chi connectivity index (χ2n) is 7.46. The predicted molar refractivity (Wildman–Crippen MR) is 115 cm³/mol. The Kier molecular flexibility index (Phi) is 5.61. The maximum atomic E-state index is 13.3. The van der Waals surface area contributed by atoms with Crippen LogP contribution in [0.1, 0.15) is 22.7 Å². The van der Waals surface area contributed by atoms with Gasteiger partial charge in [0.05, 0.1) is 16.5 Å². The first kappa shape index (κ1) is 21.7. The van der Waals surface area contributed by atoms with Crippen LogP contribution in [0.3, 0.4) is 0 Å². The number of phenolic OH excluding ortho intramolecular Hbond substituents is 1. The lowest BCUT2D eigenvalue weighted by Crippen LogP contribution is -2.29. The summed E-state index contributed by atoms with van der Waals surface area (Å²) in [5, 5.41) is 32.1. The number of Topliss-reactive ketones (excluding diaryl/α,β-unsaturated/α-hetero) is 1. The fourth-order valence-corrected chi connectivity index (χ4v) is 3.79. The highest BCUT2D eigenvalue weighted by atomic mass is 19.1. The molecule has 3 aromatic rings. The number of non-ortho nitro benzene ring substituents is 1. The van der Waals surface area contributed by atoms with Gasteiger partial charge in [0.15, 0.2) is 0 Å². The zero-order chi connectivity index (χ0) is 23.7. The number of rotatable bonds is 5. The summed E-state index contributed by atoms with van der Waals surface area (Å²) in [7, 11) is 0. The number of carbonyl (C=O) groups is 2. The number of carbonyl (C=O) groups excluding carboxylic acids is 2. The van der Waals surface area contributed by atoms with E-state index in [1.54, 1.807) is 6.07 Å². The maximum absolute atomic E-state index is 13.3. The third-order valence-corrected chi connectivity index (χ3v) is 5.32. The minimum Gasteiger partial charge on any atom is -0.508 e. The van der Waals surface area contributed by atoms with E-state index in [4.69, 9.17) is 0 Å². The average Bonchev–Trinajstić information content (AvgIpc) is 3.05. The molecule has 1 aliphatic heterocycles. The number of aliphatic hydroxyl groups excluding tert-OH is 1. The summed E-state index contributed by atoms with van der Waals surface area (Å²) < 4.78 is 13.3. The molecule has 1 atom stereocenters. The van der Waals surface area contributed by atoms with Crippen LogP contribution in [0.2, 0.25) is 0 Å². The number of hydrogen-bond donors (Lipinski definition) is 2. The molecule has 0 aliphatic carbocycles. The number of nitro groups is 1. The van der Waals surface area contributed by atoms with Crippen LogP contribution in [-0.2, 0) is 16.1 Å². The van der Waals surface area contributed by atoms with Gasteiger partial charge < -0.3 is 15.1 Å².